The molecule has 1 aliphatic carbocycles. The molecule has 5 aromatic rings. The quantitative estimate of drug-likeness (QED) is 0.0860. The fourth-order valence-corrected chi connectivity index (χ4v) is 13.4. The number of hydrogen-bond donors (Lipinski definition) is 2. The van der Waals surface area contributed by atoms with Crippen LogP contribution in [0.25, 0.3) is 10.4 Å². The van der Waals surface area contributed by atoms with Crippen LogP contribution >= 0.6 is 22.9 Å². The first-order chi connectivity index (χ1) is 35.3. The van der Waals surface area contributed by atoms with E-state index in [0.717, 1.165) is 84.1 Å². The predicted octanol–water partition coefficient (Wildman–Crippen LogP) is 9.36. The molecule has 3 atom stereocenters. The summed E-state index contributed by atoms with van der Waals surface area (Å²) in [6.07, 6.45) is 1.50. The van der Waals surface area contributed by atoms with Crippen LogP contribution in [0.4, 0.5) is 5.69 Å². The van der Waals surface area contributed by atoms with Crippen molar-refractivity contribution in [3.63, 3.8) is 0 Å². The largest absolute Gasteiger partial charge is 0.489 e. The van der Waals surface area contributed by atoms with Gasteiger partial charge in [-0.25, -0.2) is 4.98 Å². The molecule has 1 aromatic heterocycles. The number of nitrogens with one attached hydrogen (secondary N) is 1. The number of likely N-dealkylation sites (tertiary alicyclic amines) is 1. The Morgan fingerprint density at radius 3 is 2.30 bits per heavy atom. The van der Waals surface area contributed by atoms with Crippen molar-refractivity contribution in [3.8, 4) is 22.3 Å². The number of β-amino-alcohol motifs (C(OH)–C–C–N with tert-alkyl or cyclic N) is 1. The van der Waals surface area contributed by atoms with E-state index in [1.165, 1.54) is 10.5 Å². The molecule has 1 saturated carbocycles. The van der Waals surface area contributed by atoms with Crippen molar-refractivity contribution in [2.45, 2.75) is 112 Å². The third kappa shape index (κ3) is 10.7. The molecule has 74 heavy (non-hydrogen) atoms. The SMILES string of the molecule is Cc1ncsc1-c1ccc(CNC(=O)[C@@H]2C[C@@H](O)CN2C(=O)[C@H](C(C)C)N2Cc3ccc(N4CCN(CCCc5ccc(C(=O)CC6C(C)(C)C(Oc7ccc(C#N)c(Cl)c7)C6(C)C)cc5)CC4)cc3C2=O)cc1. The number of aliphatic hydroxyl groups excluding tert-OH is 1. The third-order valence-electron chi connectivity index (χ3n) is 16.2. The number of benzene rings is 4. The zero-order valence-corrected chi connectivity index (χ0v) is 45.1. The average molecular weight is 1040 g/mol. The van der Waals surface area contributed by atoms with Crippen molar-refractivity contribution in [1.82, 2.24) is 25.0 Å². The van der Waals surface area contributed by atoms with Gasteiger partial charge in [0.15, 0.2) is 5.78 Å². The minimum absolute atomic E-state index is 0.0295. The van der Waals surface area contributed by atoms with E-state index < -0.39 is 18.2 Å². The van der Waals surface area contributed by atoms with Crippen LogP contribution < -0.4 is 15.0 Å². The number of amides is 3. The van der Waals surface area contributed by atoms with Crippen molar-refractivity contribution < 1.29 is 29.0 Å². The van der Waals surface area contributed by atoms with Crippen molar-refractivity contribution in [2.24, 2.45) is 22.7 Å². The van der Waals surface area contributed by atoms with Crippen LogP contribution in [0, 0.1) is 40.9 Å². The topological polar surface area (TPSA) is 159 Å². The number of fused-ring (bicyclic) bond motifs is 1. The van der Waals surface area contributed by atoms with E-state index in [4.69, 9.17) is 16.3 Å². The number of piperazine rings is 1. The first kappa shape index (κ1) is 52.7. The number of nitrogens with zero attached hydrogens (tertiary/aromatic N) is 6. The number of anilines is 1. The van der Waals surface area contributed by atoms with E-state index in [0.29, 0.717) is 34.9 Å². The Hall–Kier alpha value is -6.11. The summed E-state index contributed by atoms with van der Waals surface area (Å²) in [6.45, 7) is 19.5. The molecule has 3 amide bonds. The van der Waals surface area contributed by atoms with Crippen LogP contribution in [0.15, 0.2) is 90.4 Å². The van der Waals surface area contributed by atoms with Crippen LogP contribution in [-0.4, -0.2) is 112 Å². The minimum atomic E-state index is -0.850. The maximum absolute atomic E-state index is 14.5. The van der Waals surface area contributed by atoms with Gasteiger partial charge >= 0.3 is 0 Å². The molecular weight excluding hydrogens is 970 g/mol. The fraction of sp³-hybridized carbons (Fsp3) is 0.458. The number of hydrogen-bond acceptors (Lipinski definition) is 11. The predicted molar refractivity (Wildman–Crippen MR) is 289 cm³/mol. The van der Waals surface area contributed by atoms with Gasteiger partial charge in [-0.2, -0.15) is 5.26 Å². The second-order valence-corrected chi connectivity index (χ2v) is 23.5. The van der Waals surface area contributed by atoms with Gasteiger partial charge in [0.1, 0.15) is 30.0 Å². The van der Waals surface area contributed by atoms with E-state index in [9.17, 15) is 29.5 Å². The van der Waals surface area contributed by atoms with Crippen LogP contribution in [0.5, 0.6) is 5.75 Å². The highest BCUT2D eigenvalue weighted by Crippen LogP contribution is 2.62. The molecule has 0 bridgehead atoms. The first-order valence-corrected chi connectivity index (χ1v) is 27.2. The summed E-state index contributed by atoms with van der Waals surface area (Å²) in [5.41, 5.74) is 9.08. The van der Waals surface area contributed by atoms with Crippen LogP contribution in [0.3, 0.4) is 0 Å². The van der Waals surface area contributed by atoms with Gasteiger partial charge in [0, 0.05) is 92.4 Å². The Kier molecular flexibility index (Phi) is 15.4. The minimum Gasteiger partial charge on any atom is -0.489 e. The van der Waals surface area contributed by atoms with Gasteiger partial charge in [0.25, 0.3) is 5.91 Å². The van der Waals surface area contributed by atoms with Crippen molar-refractivity contribution in [2.75, 3.05) is 44.2 Å². The number of carbonyl (C=O) groups is 4. The summed E-state index contributed by atoms with van der Waals surface area (Å²) in [4.78, 5) is 69.4. The summed E-state index contributed by atoms with van der Waals surface area (Å²) in [5, 5.41) is 23.4. The number of ether oxygens (including phenoxy) is 1. The molecule has 9 rings (SSSR count). The normalized spacial score (nSPS) is 21.5. The number of aliphatic hydroxyl groups is 1. The number of Topliss-reactive ketones (excluding diaryl/α,β-unsaturated/α-hetero) is 1. The number of halogens is 1. The van der Waals surface area contributed by atoms with Crippen LogP contribution in [0.1, 0.15) is 109 Å². The maximum atomic E-state index is 14.5. The van der Waals surface area contributed by atoms with Crippen LogP contribution in [0.2, 0.25) is 5.02 Å². The zero-order chi connectivity index (χ0) is 52.6. The van der Waals surface area contributed by atoms with E-state index in [1.807, 2.05) is 74.8 Å². The van der Waals surface area contributed by atoms with Gasteiger partial charge in [-0.05, 0) is 84.7 Å². The summed E-state index contributed by atoms with van der Waals surface area (Å²) < 4.78 is 6.44. The van der Waals surface area contributed by atoms with Gasteiger partial charge in [0.2, 0.25) is 11.8 Å². The standard InChI is InChI=1S/C59H68ClN7O6S/c1-36(2)52(56(72)66-34-45(68)28-49(66)54(70)62-32-39-12-16-41(17-13-39)53-37(3)63-35-74-53)67-33-43-18-20-44(27-47(43)55(67)71)65-25-23-64(24-26-65)22-8-9-38-10-14-40(15-11-38)50(69)30-51-58(4,5)57(59(51,6)7)73-46-21-19-42(31-61)48(60)29-46/h10-21,27,29,35-36,45,49,51-52,57,68H,8-9,22-26,28,30,32-34H2,1-7H3,(H,62,70)/t45-,49+,51?,52+,57?/m1/s1. The van der Waals surface area contributed by atoms with Crippen molar-refractivity contribution >= 4 is 52.1 Å². The lowest BCUT2D eigenvalue weighted by atomic mass is 9.44. The second-order valence-electron chi connectivity index (χ2n) is 22.2. The molecule has 0 unspecified atom stereocenters. The van der Waals surface area contributed by atoms with E-state index >= 15 is 0 Å². The molecule has 4 aliphatic rings. The molecule has 4 heterocycles. The lowest BCUT2D eigenvalue weighted by Gasteiger charge is -2.63. The molecule has 4 aromatic carbocycles. The number of thiazole rings is 1. The van der Waals surface area contributed by atoms with Crippen LogP contribution in [-0.2, 0) is 29.1 Å². The molecule has 2 saturated heterocycles. The zero-order valence-electron chi connectivity index (χ0n) is 43.6. The highest BCUT2D eigenvalue weighted by molar-refractivity contribution is 7.13. The number of ketones is 1. The van der Waals surface area contributed by atoms with E-state index in [2.05, 4.69) is 72.1 Å². The number of carbonyl (C=O) groups excluding carboxylic acids is 4. The Labute approximate surface area is 444 Å². The maximum Gasteiger partial charge on any atom is 0.255 e. The van der Waals surface area contributed by atoms with Crippen molar-refractivity contribution in [1.29, 1.82) is 5.26 Å². The second kappa shape index (κ2) is 21.6. The molecule has 0 spiro atoms. The highest BCUT2D eigenvalue weighted by atomic mass is 35.5. The number of aromatic nitrogens is 1. The number of rotatable bonds is 17. The Bertz CT molecular complexity index is 2920. The average Bonchev–Trinajstić information content (AvgIpc) is 4.12. The Balaban J connectivity index is 0.731. The molecular formula is C59H68ClN7O6S. The lowest BCUT2D eigenvalue weighted by Crippen LogP contribution is -2.66. The summed E-state index contributed by atoms with van der Waals surface area (Å²) in [7, 11) is 0. The molecule has 3 aliphatic heterocycles. The number of nitriles is 1. The van der Waals surface area contributed by atoms with Crippen molar-refractivity contribution in [3.05, 3.63) is 135 Å². The summed E-state index contributed by atoms with van der Waals surface area (Å²) >= 11 is 7.87. The molecule has 13 nitrogen and oxygen atoms in total. The molecule has 2 N–H and O–H groups in total. The smallest absolute Gasteiger partial charge is 0.255 e. The van der Waals surface area contributed by atoms with Gasteiger partial charge in [0.05, 0.1) is 32.8 Å². The third-order valence-corrected chi connectivity index (χ3v) is 17.5. The molecule has 3 fully saturated rings. The van der Waals surface area contributed by atoms with Gasteiger partial charge < -0.3 is 29.9 Å². The molecule has 15 heteroatoms. The monoisotopic (exact) mass is 1040 g/mol. The van der Waals surface area contributed by atoms with Gasteiger partial charge in [-0.15, -0.1) is 11.3 Å². The lowest BCUT2D eigenvalue weighted by molar-refractivity contribution is -0.196. The number of aryl methyl sites for hydroxylation is 2. The van der Waals surface area contributed by atoms with E-state index in [-0.39, 0.29) is 71.8 Å². The highest BCUT2D eigenvalue weighted by Gasteiger charge is 2.63. The first-order valence-electron chi connectivity index (χ1n) is 26.0. The Morgan fingerprint density at radius 1 is 0.946 bits per heavy atom. The molecule has 0 radical (unpaired) electrons. The molecule has 388 valence electrons. The summed E-state index contributed by atoms with van der Waals surface area (Å²) in [5.74, 6) is -0.209. The van der Waals surface area contributed by atoms with Gasteiger partial charge in [-0.3, -0.25) is 24.1 Å². The summed E-state index contributed by atoms with van der Waals surface area (Å²) in [6, 6.07) is 27.7. The Morgan fingerprint density at radius 2 is 1.65 bits per heavy atom. The van der Waals surface area contributed by atoms with E-state index in [1.54, 1.807) is 34.4 Å². The van der Waals surface area contributed by atoms with Gasteiger partial charge in [-0.1, -0.05) is 108 Å². The fourth-order valence-electron chi connectivity index (χ4n) is 12.4.